The fraction of sp³-hybridized carbons (Fsp3) is 0.500. The lowest BCUT2D eigenvalue weighted by Crippen LogP contribution is -2.25. The van der Waals surface area contributed by atoms with Crippen LogP contribution in [0.4, 0.5) is 0 Å². The Morgan fingerprint density at radius 1 is 1.22 bits per heavy atom. The normalized spacial score (nSPS) is 9.67. The van der Waals surface area contributed by atoms with Gasteiger partial charge in [-0.2, -0.15) is 0 Å². The molecular weight excluding hydrogens is 248 g/mol. The number of nitrogens with two attached hydrogens (primary N) is 1. The number of carbonyl (C=O) groups excluding carboxylic acids is 1. The Kier molecular flexibility index (Phi) is 9.33. The van der Waals surface area contributed by atoms with Gasteiger partial charge in [0.05, 0.1) is 0 Å². The van der Waals surface area contributed by atoms with Crippen LogP contribution in [0.3, 0.4) is 0 Å². The van der Waals surface area contributed by atoms with Crippen LogP contribution >= 0.6 is 12.4 Å². The molecule has 1 amide bonds. The molecule has 3 nitrogen and oxygen atoms in total. The van der Waals surface area contributed by atoms with Gasteiger partial charge >= 0.3 is 0 Å². The molecular formula is C14H23ClN2O. The van der Waals surface area contributed by atoms with E-state index in [0.29, 0.717) is 13.0 Å². The summed E-state index contributed by atoms with van der Waals surface area (Å²) in [7, 11) is 0. The molecule has 0 aliphatic rings. The van der Waals surface area contributed by atoms with Crippen LogP contribution in [0, 0.1) is 6.92 Å². The van der Waals surface area contributed by atoms with Gasteiger partial charge in [0.2, 0.25) is 5.91 Å². The van der Waals surface area contributed by atoms with Crippen LogP contribution in [-0.2, 0) is 11.2 Å². The van der Waals surface area contributed by atoms with Crippen LogP contribution < -0.4 is 11.1 Å². The molecule has 0 saturated carbocycles. The quantitative estimate of drug-likeness (QED) is 0.747. The van der Waals surface area contributed by atoms with Crippen molar-refractivity contribution in [2.24, 2.45) is 5.73 Å². The summed E-state index contributed by atoms with van der Waals surface area (Å²) < 4.78 is 0. The molecule has 0 aliphatic carbocycles. The summed E-state index contributed by atoms with van der Waals surface area (Å²) >= 11 is 0. The molecule has 0 aromatic heterocycles. The zero-order valence-corrected chi connectivity index (χ0v) is 11.8. The predicted molar refractivity (Wildman–Crippen MR) is 78.0 cm³/mol. The van der Waals surface area contributed by atoms with Crippen molar-refractivity contribution < 1.29 is 4.79 Å². The highest BCUT2D eigenvalue weighted by Crippen LogP contribution is 2.05. The minimum absolute atomic E-state index is 0. The number of rotatable bonds is 7. The monoisotopic (exact) mass is 270 g/mol. The maximum Gasteiger partial charge on any atom is 0.220 e. The van der Waals surface area contributed by atoms with Gasteiger partial charge in [-0.25, -0.2) is 0 Å². The fourth-order valence-electron chi connectivity index (χ4n) is 1.60. The minimum Gasteiger partial charge on any atom is -0.356 e. The van der Waals surface area contributed by atoms with Crippen molar-refractivity contribution in [3.05, 3.63) is 35.4 Å². The molecule has 0 radical (unpaired) electrons. The molecule has 0 aliphatic heterocycles. The highest BCUT2D eigenvalue weighted by atomic mass is 35.5. The SMILES string of the molecule is Cc1ccc(CCC(=O)NCCCCN)cc1.Cl. The second-order valence-corrected chi connectivity index (χ2v) is 4.33. The molecule has 18 heavy (non-hydrogen) atoms. The topological polar surface area (TPSA) is 55.1 Å². The maximum atomic E-state index is 11.5. The first-order valence-corrected chi connectivity index (χ1v) is 6.24. The number of nitrogens with one attached hydrogen (secondary N) is 1. The Balaban J connectivity index is 0.00000289. The molecule has 0 atom stereocenters. The number of carbonyl (C=O) groups is 1. The molecule has 0 saturated heterocycles. The van der Waals surface area contributed by atoms with Crippen LogP contribution in [-0.4, -0.2) is 19.0 Å². The molecule has 1 aromatic rings. The van der Waals surface area contributed by atoms with Crippen molar-refractivity contribution in [1.29, 1.82) is 0 Å². The van der Waals surface area contributed by atoms with Gasteiger partial charge in [0.1, 0.15) is 0 Å². The molecule has 0 bridgehead atoms. The first-order chi connectivity index (χ1) is 8.22. The van der Waals surface area contributed by atoms with Gasteiger partial charge in [-0.15, -0.1) is 12.4 Å². The minimum atomic E-state index is 0. The van der Waals surface area contributed by atoms with E-state index < -0.39 is 0 Å². The lowest BCUT2D eigenvalue weighted by molar-refractivity contribution is -0.121. The van der Waals surface area contributed by atoms with Gasteiger partial charge in [0.15, 0.2) is 0 Å². The van der Waals surface area contributed by atoms with E-state index in [1.807, 2.05) is 0 Å². The lowest BCUT2D eigenvalue weighted by Gasteiger charge is -2.05. The highest BCUT2D eigenvalue weighted by molar-refractivity contribution is 5.85. The van der Waals surface area contributed by atoms with Crippen LogP contribution in [0.5, 0.6) is 0 Å². The zero-order chi connectivity index (χ0) is 12.5. The second kappa shape index (κ2) is 9.92. The number of aryl methyl sites for hydroxylation is 2. The van der Waals surface area contributed by atoms with E-state index in [0.717, 1.165) is 25.8 Å². The van der Waals surface area contributed by atoms with Crippen LogP contribution in [0.15, 0.2) is 24.3 Å². The van der Waals surface area contributed by atoms with Crippen LogP contribution in [0.2, 0.25) is 0 Å². The van der Waals surface area contributed by atoms with E-state index in [1.54, 1.807) is 0 Å². The van der Waals surface area contributed by atoms with Crippen LogP contribution in [0.25, 0.3) is 0 Å². The molecule has 1 aromatic carbocycles. The van der Waals surface area contributed by atoms with E-state index >= 15 is 0 Å². The number of hydrogen-bond acceptors (Lipinski definition) is 2. The molecule has 0 spiro atoms. The summed E-state index contributed by atoms with van der Waals surface area (Å²) in [6, 6.07) is 8.32. The maximum absolute atomic E-state index is 11.5. The Hall–Kier alpha value is -1.06. The van der Waals surface area contributed by atoms with Gasteiger partial charge in [-0.05, 0) is 38.3 Å². The third kappa shape index (κ3) is 7.30. The van der Waals surface area contributed by atoms with Gasteiger partial charge in [-0.1, -0.05) is 29.8 Å². The summed E-state index contributed by atoms with van der Waals surface area (Å²) in [5, 5.41) is 2.90. The predicted octanol–water partition coefficient (Wildman–Crippen LogP) is 2.20. The van der Waals surface area contributed by atoms with Gasteiger partial charge < -0.3 is 11.1 Å². The van der Waals surface area contributed by atoms with Gasteiger partial charge in [0, 0.05) is 13.0 Å². The van der Waals surface area contributed by atoms with Crippen molar-refractivity contribution in [2.75, 3.05) is 13.1 Å². The Morgan fingerprint density at radius 3 is 2.50 bits per heavy atom. The molecule has 0 fully saturated rings. The summed E-state index contributed by atoms with van der Waals surface area (Å²) in [6.07, 6.45) is 3.31. The number of amides is 1. The highest BCUT2D eigenvalue weighted by Gasteiger charge is 2.01. The van der Waals surface area contributed by atoms with E-state index in [1.165, 1.54) is 11.1 Å². The number of halogens is 1. The molecule has 102 valence electrons. The number of hydrogen-bond donors (Lipinski definition) is 2. The standard InChI is InChI=1S/C14H22N2O.ClH/c1-12-4-6-13(7-5-12)8-9-14(17)16-11-3-2-10-15;/h4-7H,2-3,8-11,15H2,1H3,(H,16,17);1H. The average Bonchev–Trinajstić information content (AvgIpc) is 2.34. The van der Waals surface area contributed by atoms with Crippen molar-refractivity contribution in [3.63, 3.8) is 0 Å². The van der Waals surface area contributed by atoms with Crippen molar-refractivity contribution in [1.82, 2.24) is 5.32 Å². The number of benzene rings is 1. The van der Waals surface area contributed by atoms with E-state index in [2.05, 4.69) is 36.5 Å². The smallest absolute Gasteiger partial charge is 0.220 e. The van der Waals surface area contributed by atoms with Gasteiger partial charge in [0.25, 0.3) is 0 Å². The number of unbranched alkanes of at least 4 members (excludes halogenated alkanes) is 1. The third-order valence-corrected chi connectivity index (χ3v) is 2.71. The first kappa shape index (κ1) is 16.9. The van der Waals surface area contributed by atoms with E-state index in [-0.39, 0.29) is 18.3 Å². The summed E-state index contributed by atoms with van der Waals surface area (Å²) in [4.78, 5) is 11.5. The van der Waals surface area contributed by atoms with Crippen molar-refractivity contribution >= 4 is 18.3 Å². The fourth-order valence-corrected chi connectivity index (χ4v) is 1.60. The molecule has 3 N–H and O–H groups in total. The molecule has 0 unspecified atom stereocenters. The largest absolute Gasteiger partial charge is 0.356 e. The Bertz CT molecular complexity index is 338. The van der Waals surface area contributed by atoms with E-state index in [9.17, 15) is 4.79 Å². The molecule has 0 heterocycles. The van der Waals surface area contributed by atoms with Crippen LogP contribution in [0.1, 0.15) is 30.4 Å². The van der Waals surface area contributed by atoms with E-state index in [4.69, 9.17) is 5.73 Å². The third-order valence-electron chi connectivity index (χ3n) is 2.71. The Morgan fingerprint density at radius 2 is 1.89 bits per heavy atom. The summed E-state index contributed by atoms with van der Waals surface area (Å²) in [5.74, 6) is 0.127. The molecule has 1 rings (SSSR count). The first-order valence-electron chi connectivity index (χ1n) is 6.24. The van der Waals surface area contributed by atoms with Crippen molar-refractivity contribution in [2.45, 2.75) is 32.6 Å². The summed E-state index contributed by atoms with van der Waals surface area (Å²) in [5.41, 5.74) is 7.85. The average molecular weight is 271 g/mol. The second-order valence-electron chi connectivity index (χ2n) is 4.33. The Labute approximate surface area is 116 Å². The molecule has 4 heteroatoms. The van der Waals surface area contributed by atoms with Gasteiger partial charge in [-0.3, -0.25) is 4.79 Å². The summed E-state index contributed by atoms with van der Waals surface area (Å²) in [6.45, 7) is 3.50. The van der Waals surface area contributed by atoms with Crippen molar-refractivity contribution in [3.8, 4) is 0 Å². The lowest BCUT2D eigenvalue weighted by atomic mass is 10.1. The zero-order valence-electron chi connectivity index (χ0n) is 10.9.